The first kappa shape index (κ1) is 20.2. The van der Waals surface area contributed by atoms with E-state index in [-0.39, 0.29) is 18.4 Å². The molecule has 0 atom stereocenters. The summed E-state index contributed by atoms with van der Waals surface area (Å²) < 4.78 is 0. The van der Waals surface area contributed by atoms with Gasteiger partial charge < -0.3 is 19.6 Å². The van der Waals surface area contributed by atoms with E-state index in [1.54, 1.807) is 16.8 Å². The summed E-state index contributed by atoms with van der Waals surface area (Å²) in [5, 5.41) is 0. The van der Waals surface area contributed by atoms with Gasteiger partial charge in [0.1, 0.15) is 6.54 Å². The second-order valence-electron chi connectivity index (χ2n) is 7.08. The number of rotatable bonds is 7. The number of likely N-dealkylation sites (N-methyl/N-ethyl adjacent to an activating group) is 2. The minimum atomic E-state index is -0.116. The van der Waals surface area contributed by atoms with Gasteiger partial charge in [0.25, 0.3) is 0 Å². The molecule has 1 aliphatic heterocycles. The van der Waals surface area contributed by atoms with Gasteiger partial charge in [-0.05, 0) is 37.7 Å². The second-order valence-corrected chi connectivity index (χ2v) is 7.08. The lowest BCUT2D eigenvalue weighted by molar-refractivity contribution is -0.130. The van der Waals surface area contributed by atoms with Crippen molar-refractivity contribution in [3.05, 3.63) is 24.3 Å². The molecule has 0 saturated carbocycles. The van der Waals surface area contributed by atoms with Crippen LogP contribution in [0.15, 0.2) is 24.3 Å². The number of unbranched alkanes of at least 4 members (excludes halogenated alkanes) is 1. The maximum atomic E-state index is 12.4. The monoisotopic (exact) mass is 360 g/mol. The van der Waals surface area contributed by atoms with Crippen LogP contribution in [0.4, 0.5) is 11.4 Å². The predicted octanol–water partition coefficient (Wildman–Crippen LogP) is 2.05. The molecule has 1 heterocycles. The van der Waals surface area contributed by atoms with Crippen LogP contribution >= 0.6 is 0 Å². The minimum Gasteiger partial charge on any atom is -0.369 e. The zero-order valence-electron chi connectivity index (χ0n) is 16.6. The molecule has 1 saturated heterocycles. The molecule has 1 aromatic carbocycles. The molecule has 6 heteroatoms. The lowest BCUT2D eigenvalue weighted by atomic mass is 10.2. The molecule has 26 heavy (non-hydrogen) atoms. The van der Waals surface area contributed by atoms with Crippen LogP contribution in [0.25, 0.3) is 0 Å². The maximum Gasteiger partial charge on any atom is 0.242 e. The van der Waals surface area contributed by atoms with Crippen molar-refractivity contribution in [3.8, 4) is 0 Å². The van der Waals surface area contributed by atoms with E-state index in [2.05, 4.69) is 23.8 Å². The molecule has 0 unspecified atom stereocenters. The Morgan fingerprint density at radius 3 is 2.23 bits per heavy atom. The van der Waals surface area contributed by atoms with Gasteiger partial charge >= 0.3 is 0 Å². The van der Waals surface area contributed by atoms with Crippen molar-refractivity contribution in [2.45, 2.75) is 26.7 Å². The van der Waals surface area contributed by atoms with Crippen molar-refractivity contribution in [3.63, 3.8) is 0 Å². The van der Waals surface area contributed by atoms with Crippen molar-refractivity contribution >= 4 is 23.2 Å². The first-order valence-corrected chi connectivity index (χ1v) is 9.48. The number of amides is 2. The summed E-state index contributed by atoms with van der Waals surface area (Å²) >= 11 is 0. The molecular weight excluding hydrogens is 328 g/mol. The molecule has 0 bridgehead atoms. The van der Waals surface area contributed by atoms with Crippen LogP contribution in [-0.4, -0.2) is 75.0 Å². The van der Waals surface area contributed by atoms with E-state index in [0.717, 1.165) is 56.9 Å². The fourth-order valence-corrected chi connectivity index (χ4v) is 3.07. The number of carbonyl (C=O) groups excluding carboxylic acids is 2. The third kappa shape index (κ3) is 5.46. The minimum absolute atomic E-state index is 0.0307. The normalized spacial score (nSPS) is 15.0. The Hall–Kier alpha value is -2.08. The van der Waals surface area contributed by atoms with E-state index in [9.17, 15) is 9.59 Å². The van der Waals surface area contributed by atoms with Crippen LogP contribution in [-0.2, 0) is 9.59 Å². The van der Waals surface area contributed by atoms with Crippen LogP contribution in [0.3, 0.4) is 0 Å². The van der Waals surface area contributed by atoms with E-state index in [4.69, 9.17) is 0 Å². The third-order valence-electron chi connectivity index (χ3n) is 4.98. The SMILES string of the molecule is CCCCN(C)C(=O)CN(C(C)=O)c1ccc(N2CCN(C)CC2)cc1. The van der Waals surface area contributed by atoms with Gasteiger partial charge in [-0.25, -0.2) is 0 Å². The molecule has 0 N–H and O–H groups in total. The van der Waals surface area contributed by atoms with Crippen molar-refractivity contribution in [2.75, 3.05) is 63.2 Å². The highest BCUT2D eigenvalue weighted by Crippen LogP contribution is 2.22. The largest absolute Gasteiger partial charge is 0.369 e. The average molecular weight is 361 g/mol. The van der Waals surface area contributed by atoms with Gasteiger partial charge in [0.05, 0.1) is 0 Å². The first-order chi connectivity index (χ1) is 12.4. The Morgan fingerprint density at radius 2 is 1.69 bits per heavy atom. The molecule has 0 spiro atoms. The van der Waals surface area contributed by atoms with Crippen molar-refractivity contribution in [2.24, 2.45) is 0 Å². The summed E-state index contributed by atoms with van der Waals surface area (Å²) in [5.74, 6) is -0.147. The molecule has 2 amide bonds. The lowest BCUT2D eigenvalue weighted by Crippen LogP contribution is -2.44. The maximum absolute atomic E-state index is 12.4. The molecule has 0 aliphatic carbocycles. The molecule has 0 aromatic heterocycles. The zero-order chi connectivity index (χ0) is 19.1. The van der Waals surface area contributed by atoms with Gasteiger partial charge in [-0.15, -0.1) is 0 Å². The summed E-state index contributed by atoms with van der Waals surface area (Å²) in [4.78, 5) is 32.4. The van der Waals surface area contributed by atoms with Crippen LogP contribution < -0.4 is 9.80 Å². The molecule has 1 aromatic rings. The molecule has 1 fully saturated rings. The van der Waals surface area contributed by atoms with Crippen LogP contribution in [0.2, 0.25) is 0 Å². The number of benzene rings is 1. The number of piperazine rings is 1. The molecule has 1 aliphatic rings. The summed E-state index contributed by atoms with van der Waals surface area (Å²) in [7, 11) is 3.94. The molecule has 144 valence electrons. The predicted molar refractivity (Wildman–Crippen MR) is 107 cm³/mol. The molecule has 6 nitrogen and oxygen atoms in total. The van der Waals surface area contributed by atoms with Gasteiger partial charge in [0.2, 0.25) is 11.8 Å². The Kier molecular flexibility index (Phi) is 7.45. The number of hydrogen-bond donors (Lipinski definition) is 0. The highest BCUT2D eigenvalue weighted by atomic mass is 16.2. The Labute approximate surface area is 157 Å². The van der Waals surface area contributed by atoms with Crippen molar-refractivity contribution in [1.82, 2.24) is 9.80 Å². The number of nitrogens with zero attached hydrogens (tertiary/aromatic N) is 4. The van der Waals surface area contributed by atoms with Crippen molar-refractivity contribution in [1.29, 1.82) is 0 Å². The fraction of sp³-hybridized carbons (Fsp3) is 0.600. The smallest absolute Gasteiger partial charge is 0.242 e. The van der Waals surface area contributed by atoms with E-state index in [0.29, 0.717) is 0 Å². The van der Waals surface area contributed by atoms with Crippen molar-refractivity contribution < 1.29 is 9.59 Å². The third-order valence-corrected chi connectivity index (χ3v) is 4.98. The van der Waals surface area contributed by atoms with E-state index >= 15 is 0 Å². The summed E-state index contributed by atoms with van der Waals surface area (Å²) in [6.45, 7) is 8.54. The van der Waals surface area contributed by atoms with Crippen LogP contribution in [0.5, 0.6) is 0 Å². The zero-order valence-corrected chi connectivity index (χ0v) is 16.6. The Balaban J connectivity index is 2.03. The standard InChI is InChI=1S/C20H32N4O2/c1-5-6-11-22(4)20(26)16-24(17(2)25)19-9-7-18(8-10-19)23-14-12-21(3)13-15-23/h7-10H,5-6,11-16H2,1-4H3. The van der Waals surface area contributed by atoms with Gasteiger partial charge in [-0.3, -0.25) is 9.59 Å². The van der Waals surface area contributed by atoms with Crippen LogP contribution in [0, 0.1) is 0 Å². The van der Waals surface area contributed by atoms with Gasteiger partial charge in [-0.2, -0.15) is 0 Å². The summed E-state index contributed by atoms with van der Waals surface area (Å²) in [6.07, 6.45) is 2.02. The van der Waals surface area contributed by atoms with Gasteiger partial charge in [0, 0.05) is 58.1 Å². The summed E-state index contributed by atoms with van der Waals surface area (Å²) in [6, 6.07) is 7.96. The van der Waals surface area contributed by atoms with Gasteiger partial charge in [-0.1, -0.05) is 13.3 Å². The molecule has 2 rings (SSSR count). The van der Waals surface area contributed by atoms with E-state index in [1.807, 2.05) is 24.3 Å². The Bertz CT molecular complexity index is 594. The summed E-state index contributed by atoms with van der Waals surface area (Å²) in [5.41, 5.74) is 1.93. The highest BCUT2D eigenvalue weighted by molar-refractivity contribution is 5.97. The Morgan fingerprint density at radius 1 is 1.08 bits per heavy atom. The molecular formula is C20H32N4O2. The first-order valence-electron chi connectivity index (χ1n) is 9.48. The topological polar surface area (TPSA) is 47.1 Å². The van der Waals surface area contributed by atoms with E-state index < -0.39 is 0 Å². The number of anilines is 2. The van der Waals surface area contributed by atoms with Crippen LogP contribution in [0.1, 0.15) is 26.7 Å². The quantitative estimate of drug-likeness (QED) is 0.747. The number of hydrogen-bond acceptors (Lipinski definition) is 4. The fourth-order valence-electron chi connectivity index (χ4n) is 3.07. The van der Waals surface area contributed by atoms with Gasteiger partial charge in [0.15, 0.2) is 0 Å². The lowest BCUT2D eigenvalue weighted by Gasteiger charge is -2.34. The highest BCUT2D eigenvalue weighted by Gasteiger charge is 2.19. The second kappa shape index (κ2) is 9.57. The molecule has 0 radical (unpaired) electrons. The number of carbonyl (C=O) groups is 2. The average Bonchev–Trinajstić information content (AvgIpc) is 2.64. The van der Waals surface area contributed by atoms with E-state index in [1.165, 1.54) is 6.92 Å².